The van der Waals surface area contributed by atoms with E-state index in [9.17, 15) is 40.1 Å². The molecule has 0 radical (unpaired) electrons. The lowest BCUT2D eigenvalue weighted by Crippen LogP contribution is -2.40. The maximum atomic E-state index is 13.5. The summed E-state index contributed by atoms with van der Waals surface area (Å²) in [5, 5.41) is 10.5. The molecule has 2 aromatic rings. The third kappa shape index (κ3) is 6.86. The highest BCUT2D eigenvalue weighted by Crippen LogP contribution is 2.41. The molecule has 37 heavy (non-hydrogen) atoms. The van der Waals surface area contributed by atoms with Crippen molar-refractivity contribution in [3.05, 3.63) is 52.5 Å². The molecule has 1 unspecified atom stereocenters. The molecule has 0 bridgehead atoms. The number of halogens is 7. The van der Waals surface area contributed by atoms with Crippen molar-refractivity contribution in [2.24, 2.45) is 10.3 Å². The Hall–Kier alpha value is -3.00. The molecule has 3 rings (SSSR count). The molecular weight excluding hydrogens is 552 g/mol. The van der Waals surface area contributed by atoms with Gasteiger partial charge in [-0.1, -0.05) is 17.7 Å². The van der Waals surface area contributed by atoms with E-state index in [1.54, 1.807) is 0 Å². The molecule has 1 aliphatic rings. The minimum atomic E-state index is -4.88. The van der Waals surface area contributed by atoms with Crippen LogP contribution in [0.15, 0.2) is 45.7 Å². The van der Waals surface area contributed by atoms with E-state index in [1.165, 1.54) is 29.2 Å². The Morgan fingerprint density at radius 3 is 2.27 bits per heavy atom. The average molecular weight is 572 g/mol. The summed E-state index contributed by atoms with van der Waals surface area (Å²) in [6.45, 7) is -0.485. The second-order valence-corrected chi connectivity index (χ2v) is 11.0. The molecule has 2 aromatic carbocycles. The Balaban J connectivity index is 1.99. The summed E-state index contributed by atoms with van der Waals surface area (Å²) >= 11 is 5.82. The third-order valence-electron chi connectivity index (χ3n) is 5.72. The van der Waals surface area contributed by atoms with Gasteiger partial charge in [0, 0.05) is 29.9 Å². The van der Waals surface area contributed by atoms with Crippen molar-refractivity contribution in [3.63, 3.8) is 0 Å². The standard InChI is InChI=1S/C22H20ClF6N3O4S/c1-37(36,31-20(34)35)14-4-2-3-13(9-14)30-19(33)15-10-17(23)16(22(27,28)29)11-18(15)32-7-5-12(6-8-32)21(24,25)26/h2-4,9-12H,5-8H2,1H3,(H,30,33)(H,34,35). The first kappa shape index (κ1) is 28.6. The number of anilines is 2. The predicted molar refractivity (Wildman–Crippen MR) is 125 cm³/mol. The van der Waals surface area contributed by atoms with Crippen molar-refractivity contribution in [1.82, 2.24) is 0 Å². The summed E-state index contributed by atoms with van der Waals surface area (Å²) in [5.41, 5.74) is -1.79. The van der Waals surface area contributed by atoms with Crippen molar-refractivity contribution < 1.29 is 45.2 Å². The van der Waals surface area contributed by atoms with E-state index in [4.69, 9.17) is 16.7 Å². The van der Waals surface area contributed by atoms with Crippen LogP contribution in [-0.2, 0) is 15.9 Å². The van der Waals surface area contributed by atoms with Crippen LogP contribution < -0.4 is 10.2 Å². The van der Waals surface area contributed by atoms with Crippen LogP contribution in [0.4, 0.5) is 42.5 Å². The maximum absolute atomic E-state index is 13.5. The zero-order valence-electron chi connectivity index (χ0n) is 19.0. The summed E-state index contributed by atoms with van der Waals surface area (Å²) in [6, 6.07) is 6.64. The highest BCUT2D eigenvalue weighted by atomic mass is 35.5. The lowest BCUT2D eigenvalue weighted by Gasteiger charge is -2.35. The number of benzene rings is 2. The van der Waals surface area contributed by atoms with E-state index in [-0.39, 0.29) is 47.8 Å². The zero-order chi connectivity index (χ0) is 27.8. The quantitative estimate of drug-likeness (QED) is 0.407. The first-order valence-corrected chi connectivity index (χ1v) is 12.9. The lowest BCUT2D eigenvalue weighted by atomic mass is 9.95. The molecule has 2 N–H and O–H groups in total. The minimum Gasteiger partial charge on any atom is -0.463 e. The number of nitrogens with zero attached hydrogens (tertiary/aromatic N) is 2. The first-order valence-electron chi connectivity index (χ1n) is 10.6. The smallest absolute Gasteiger partial charge is 0.439 e. The summed E-state index contributed by atoms with van der Waals surface area (Å²) in [6.07, 6.45) is -10.7. The van der Waals surface area contributed by atoms with E-state index >= 15 is 0 Å². The average Bonchev–Trinajstić information content (AvgIpc) is 2.77. The first-order chi connectivity index (χ1) is 17.0. The lowest BCUT2D eigenvalue weighted by molar-refractivity contribution is -0.179. The van der Waals surface area contributed by atoms with Crippen LogP contribution in [0, 0.1) is 5.92 Å². The van der Waals surface area contributed by atoms with Gasteiger partial charge in [-0.15, -0.1) is 4.36 Å². The summed E-state index contributed by atoms with van der Waals surface area (Å²) in [7, 11) is -3.38. The molecular formula is C22H20ClF6N3O4S. The molecule has 202 valence electrons. The highest BCUT2D eigenvalue weighted by Gasteiger charge is 2.42. The van der Waals surface area contributed by atoms with E-state index < -0.39 is 50.6 Å². The molecule has 1 atom stereocenters. The monoisotopic (exact) mass is 571 g/mol. The molecule has 1 aliphatic heterocycles. The van der Waals surface area contributed by atoms with Gasteiger partial charge in [-0.05, 0) is 43.2 Å². The van der Waals surface area contributed by atoms with Crippen LogP contribution >= 0.6 is 11.6 Å². The number of hydrogen-bond donors (Lipinski definition) is 2. The van der Waals surface area contributed by atoms with Crippen LogP contribution in [0.3, 0.4) is 0 Å². The van der Waals surface area contributed by atoms with E-state index in [2.05, 4.69) is 9.68 Å². The van der Waals surface area contributed by atoms with Gasteiger partial charge in [0.05, 0.1) is 37.5 Å². The minimum absolute atomic E-state index is 0.0235. The van der Waals surface area contributed by atoms with Gasteiger partial charge in [-0.25, -0.2) is 9.00 Å². The number of nitrogens with one attached hydrogen (secondary N) is 1. The van der Waals surface area contributed by atoms with Crippen LogP contribution in [0.2, 0.25) is 5.02 Å². The number of rotatable bonds is 4. The van der Waals surface area contributed by atoms with E-state index in [1.807, 2.05) is 0 Å². The topological polar surface area (TPSA) is 99.1 Å². The number of amides is 2. The fraction of sp³-hybridized carbons (Fsp3) is 0.364. The van der Waals surface area contributed by atoms with E-state index in [0.29, 0.717) is 6.07 Å². The van der Waals surface area contributed by atoms with Crippen LogP contribution in [0.1, 0.15) is 28.8 Å². The highest BCUT2D eigenvalue weighted by molar-refractivity contribution is 7.93. The van der Waals surface area contributed by atoms with Crippen molar-refractivity contribution in [2.45, 2.75) is 30.1 Å². The molecule has 0 aliphatic carbocycles. The molecule has 15 heteroatoms. The fourth-order valence-electron chi connectivity index (χ4n) is 3.88. The van der Waals surface area contributed by atoms with Gasteiger partial charge in [-0.3, -0.25) is 4.79 Å². The fourth-order valence-corrected chi connectivity index (χ4v) is 5.23. The van der Waals surface area contributed by atoms with Crippen LogP contribution in [0.25, 0.3) is 0 Å². The van der Waals surface area contributed by atoms with Gasteiger partial charge in [0.25, 0.3) is 5.91 Å². The molecule has 0 saturated carbocycles. The summed E-state index contributed by atoms with van der Waals surface area (Å²) in [4.78, 5) is 25.2. The third-order valence-corrected chi connectivity index (χ3v) is 7.66. The Morgan fingerprint density at radius 2 is 1.73 bits per heavy atom. The summed E-state index contributed by atoms with van der Waals surface area (Å²) < 4.78 is 95.4. The number of alkyl halides is 6. The molecule has 0 spiro atoms. The van der Waals surface area contributed by atoms with Gasteiger partial charge in [0.15, 0.2) is 0 Å². The Bertz CT molecular complexity index is 1330. The number of carbonyl (C=O) groups is 2. The Kier molecular flexibility index (Phi) is 8.03. The molecule has 1 saturated heterocycles. The van der Waals surface area contributed by atoms with Crippen LogP contribution in [0.5, 0.6) is 0 Å². The molecule has 0 aromatic heterocycles. The van der Waals surface area contributed by atoms with Gasteiger partial charge < -0.3 is 15.3 Å². The number of hydrogen-bond acceptors (Lipinski definition) is 4. The van der Waals surface area contributed by atoms with Crippen molar-refractivity contribution >= 4 is 44.7 Å². The largest absolute Gasteiger partial charge is 0.463 e. The molecule has 1 heterocycles. The second kappa shape index (κ2) is 10.4. The van der Waals surface area contributed by atoms with Crippen molar-refractivity contribution in [3.8, 4) is 0 Å². The maximum Gasteiger partial charge on any atom is 0.439 e. The normalized spacial score (nSPS) is 16.7. The molecule has 1 fully saturated rings. The Labute approximate surface area is 212 Å². The SMILES string of the molecule is CS(=O)(=NC(=O)O)c1cccc(NC(=O)c2cc(Cl)c(C(F)(F)F)cc2N2CCC(C(F)(F)F)CC2)c1. The van der Waals surface area contributed by atoms with E-state index in [0.717, 1.165) is 12.3 Å². The van der Waals surface area contributed by atoms with Gasteiger partial charge in [0.2, 0.25) is 0 Å². The second-order valence-electron chi connectivity index (χ2n) is 8.31. The number of piperidine rings is 1. The number of carboxylic acid groups (broad SMARTS) is 1. The van der Waals surface area contributed by atoms with Crippen molar-refractivity contribution in [1.29, 1.82) is 0 Å². The molecule has 2 amide bonds. The Morgan fingerprint density at radius 1 is 1.11 bits per heavy atom. The number of carbonyl (C=O) groups excluding carboxylic acids is 1. The van der Waals surface area contributed by atoms with Gasteiger partial charge in [0.1, 0.15) is 0 Å². The predicted octanol–water partition coefficient (Wildman–Crippen LogP) is 6.52. The molecule has 7 nitrogen and oxygen atoms in total. The summed E-state index contributed by atoms with van der Waals surface area (Å²) in [5.74, 6) is -2.54. The van der Waals surface area contributed by atoms with Crippen LogP contribution in [-0.4, -0.2) is 46.8 Å². The van der Waals surface area contributed by atoms with Crippen molar-refractivity contribution in [2.75, 3.05) is 29.6 Å². The van der Waals surface area contributed by atoms with Gasteiger partial charge >= 0.3 is 18.4 Å². The van der Waals surface area contributed by atoms with Gasteiger partial charge in [-0.2, -0.15) is 26.3 Å². The zero-order valence-corrected chi connectivity index (χ0v) is 20.6.